The average Bonchev–Trinajstić information content (AvgIpc) is 3.00. The van der Waals surface area contributed by atoms with Crippen LogP contribution in [0.2, 0.25) is 0 Å². The molecule has 0 aliphatic heterocycles. The number of carbonyl (C=O) groups is 1. The van der Waals surface area contributed by atoms with Crippen LogP contribution < -0.4 is 11.5 Å². The Hall–Kier alpha value is -1.66. The van der Waals surface area contributed by atoms with Crippen molar-refractivity contribution in [3.63, 3.8) is 0 Å². The molecule has 2 unspecified atom stereocenters. The Morgan fingerprint density at radius 2 is 2.39 bits per heavy atom. The fourth-order valence-electron chi connectivity index (χ4n) is 1.84. The van der Waals surface area contributed by atoms with Crippen LogP contribution in [-0.4, -0.2) is 21.7 Å². The number of aromatic nitrogens is 2. The highest BCUT2D eigenvalue weighted by Crippen LogP contribution is 2.26. The highest BCUT2D eigenvalue weighted by atomic mass is 32.1. The molecule has 2 aromatic heterocycles. The van der Waals surface area contributed by atoms with Gasteiger partial charge in [0.25, 0.3) is 5.91 Å². The summed E-state index contributed by atoms with van der Waals surface area (Å²) in [4.78, 5) is 12.2. The molecular formula is C12H16N4OS. The molecule has 0 saturated heterocycles. The molecule has 96 valence electrons. The van der Waals surface area contributed by atoms with Crippen molar-refractivity contribution in [2.24, 2.45) is 11.5 Å². The van der Waals surface area contributed by atoms with Gasteiger partial charge in [0.05, 0.1) is 11.8 Å². The second-order valence-electron chi connectivity index (χ2n) is 4.11. The second kappa shape index (κ2) is 5.32. The molecule has 1 amide bonds. The standard InChI is InChI=1S/C12H16N4OS/c1-2-9(13)11(10-4-3-5-18-10)16-7-8(6-15-16)12(14)17/h3-7,9,11H,2,13H2,1H3,(H2,14,17). The third-order valence-corrected chi connectivity index (χ3v) is 3.83. The first-order valence-corrected chi connectivity index (χ1v) is 6.64. The van der Waals surface area contributed by atoms with Crippen molar-refractivity contribution in [1.29, 1.82) is 0 Å². The normalized spacial score (nSPS) is 14.3. The number of nitrogens with zero attached hydrogens (tertiary/aromatic N) is 2. The predicted molar refractivity (Wildman–Crippen MR) is 71.5 cm³/mol. The summed E-state index contributed by atoms with van der Waals surface area (Å²) in [6.07, 6.45) is 3.96. The molecular weight excluding hydrogens is 248 g/mol. The molecule has 5 nitrogen and oxygen atoms in total. The van der Waals surface area contributed by atoms with Crippen molar-refractivity contribution in [1.82, 2.24) is 9.78 Å². The van der Waals surface area contributed by atoms with Gasteiger partial charge in [0.1, 0.15) is 6.04 Å². The lowest BCUT2D eigenvalue weighted by Gasteiger charge is -2.22. The average molecular weight is 264 g/mol. The van der Waals surface area contributed by atoms with Crippen LogP contribution in [0.5, 0.6) is 0 Å². The van der Waals surface area contributed by atoms with Crippen LogP contribution in [0, 0.1) is 0 Å². The van der Waals surface area contributed by atoms with Gasteiger partial charge >= 0.3 is 0 Å². The Bertz CT molecular complexity index is 520. The third-order valence-electron chi connectivity index (χ3n) is 2.88. The zero-order chi connectivity index (χ0) is 13.1. The summed E-state index contributed by atoms with van der Waals surface area (Å²) in [7, 11) is 0. The smallest absolute Gasteiger partial charge is 0.251 e. The molecule has 2 rings (SSSR count). The maximum Gasteiger partial charge on any atom is 0.251 e. The molecule has 0 aliphatic rings. The minimum Gasteiger partial charge on any atom is -0.366 e. The molecule has 0 bridgehead atoms. The number of primary amides is 1. The maximum atomic E-state index is 11.1. The first-order valence-electron chi connectivity index (χ1n) is 5.76. The molecule has 0 spiro atoms. The minimum atomic E-state index is -0.476. The van der Waals surface area contributed by atoms with Gasteiger partial charge in [0.2, 0.25) is 0 Å². The summed E-state index contributed by atoms with van der Waals surface area (Å²) in [6.45, 7) is 2.03. The SMILES string of the molecule is CCC(N)C(c1cccs1)n1cc(C(N)=O)cn1. The Morgan fingerprint density at radius 3 is 2.89 bits per heavy atom. The molecule has 2 aromatic rings. The molecule has 4 N–H and O–H groups in total. The number of carbonyl (C=O) groups excluding carboxylic acids is 1. The zero-order valence-electron chi connectivity index (χ0n) is 10.1. The maximum absolute atomic E-state index is 11.1. The van der Waals surface area contributed by atoms with Crippen LogP contribution in [0.1, 0.15) is 34.6 Å². The Morgan fingerprint density at radius 1 is 1.61 bits per heavy atom. The van der Waals surface area contributed by atoms with E-state index >= 15 is 0 Å². The van der Waals surface area contributed by atoms with Crippen LogP contribution in [-0.2, 0) is 0 Å². The van der Waals surface area contributed by atoms with E-state index in [0.29, 0.717) is 5.56 Å². The van der Waals surface area contributed by atoms with Crippen molar-refractivity contribution in [2.75, 3.05) is 0 Å². The molecule has 2 heterocycles. The summed E-state index contributed by atoms with van der Waals surface area (Å²) in [5.74, 6) is -0.476. The van der Waals surface area contributed by atoms with E-state index in [1.165, 1.54) is 6.20 Å². The highest BCUT2D eigenvalue weighted by Gasteiger charge is 2.22. The largest absolute Gasteiger partial charge is 0.366 e. The van der Waals surface area contributed by atoms with Crippen LogP contribution in [0.4, 0.5) is 0 Å². The fraction of sp³-hybridized carbons (Fsp3) is 0.333. The molecule has 0 radical (unpaired) electrons. The lowest BCUT2D eigenvalue weighted by molar-refractivity contribution is 0.1000. The number of nitrogens with two attached hydrogens (primary N) is 2. The zero-order valence-corrected chi connectivity index (χ0v) is 10.9. The van der Waals surface area contributed by atoms with E-state index < -0.39 is 5.91 Å². The summed E-state index contributed by atoms with van der Waals surface area (Å²) in [5, 5.41) is 6.21. The van der Waals surface area contributed by atoms with Gasteiger partial charge in [-0.05, 0) is 17.9 Å². The predicted octanol–water partition coefficient (Wildman–Crippen LogP) is 1.37. The number of hydrogen-bond donors (Lipinski definition) is 2. The number of rotatable bonds is 5. The van der Waals surface area contributed by atoms with Crippen molar-refractivity contribution in [3.8, 4) is 0 Å². The molecule has 6 heteroatoms. The van der Waals surface area contributed by atoms with Crippen molar-refractivity contribution in [3.05, 3.63) is 40.3 Å². The monoisotopic (exact) mass is 264 g/mol. The molecule has 0 aliphatic carbocycles. The molecule has 18 heavy (non-hydrogen) atoms. The molecule has 0 saturated carbocycles. The first kappa shape index (κ1) is 12.8. The van der Waals surface area contributed by atoms with E-state index in [1.54, 1.807) is 22.2 Å². The molecule has 0 aromatic carbocycles. The van der Waals surface area contributed by atoms with Gasteiger partial charge in [-0.3, -0.25) is 9.48 Å². The van der Waals surface area contributed by atoms with Gasteiger partial charge in [-0.15, -0.1) is 11.3 Å². The van der Waals surface area contributed by atoms with E-state index in [4.69, 9.17) is 11.5 Å². The van der Waals surface area contributed by atoms with Gasteiger partial charge in [-0.2, -0.15) is 5.10 Å². The van der Waals surface area contributed by atoms with Gasteiger partial charge < -0.3 is 11.5 Å². The van der Waals surface area contributed by atoms with Crippen LogP contribution >= 0.6 is 11.3 Å². The lowest BCUT2D eigenvalue weighted by Crippen LogP contribution is -2.32. The number of hydrogen-bond acceptors (Lipinski definition) is 4. The number of thiophene rings is 1. The van der Waals surface area contributed by atoms with Crippen LogP contribution in [0.15, 0.2) is 29.9 Å². The van der Waals surface area contributed by atoms with E-state index in [9.17, 15) is 4.79 Å². The minimum absolute atomic E-state index is 0.0516. The van der Waals surface area contributed by atoms with Crippen LogP contribution in [0.3, 0.4) is 0 Å². The van der Waals surface area contributed by atoms with E-state index in [2.05, 4.69) is 5.10 Å². The third kappa shape index (κ3) is 2.44. The topological polar surface area (TPSA) is 86.9 Å². The van der Waals surface area contributed by atoms with Gasteiger partial charge in [0, 0.05) is 17.1 Å². The summed E-state index contributed by atoms with van der Waals surface area (Å²) in [5.41, 5.74) is 11.8. The summed E-state index contributed by atoms with van der Waals surface area (Å²) >= 11 is 1.63. The Balaban J connectivity index is 2.37. The molecule has 2 atom stereocenters. The van der Waals surface area contributed by atoms with Crippen molar-refractivity contribution < 1.29 is 4.79 Å². The van der Waals surface area contributed by atoms with Crippen molar-refractivity contribution in [2.45, 2.75) is 25.4 Å². The number of amides is 1. The quantitative estimate of drug-likeness (QED) is 0.855. The summed E-state index contributed by atoms with van der Waals surface area (Å²) in [6, 6.07) is 3.90. The van der Waals surface area contributed by atoms with Crippen LogP contribution in [0.25, 0.3) is 0 Å². The fourth-order valence-corrected chi connectivity index (χ4v) is 2.73. The second-order valence-corrected chi connectivity index (χ2v) is 5.08. The Labute approximate surface area is 109 Å². The highest BCUT2D eigenvalue weighted by molar-refractivity contribution is 7.10. The lowest BCUT2D eigenvalue weighted by atomic mass is 10.1. The van der Waals surface area contributed by atoms with E-state index in [-0.39, 0.29) is 12.1 Å². The first-order chi connectivity index (χ1) is 8.63. The Kier molecular flexibility index (Phi) is 3.78. The summed E-state index contributed by atoms with van der Waals surface area (Å²) < 4.78 is 1.72. The van der Waals surface area contributed by atoms with E-state index in [0.717, 1.165) is 11.3 Å². The van der Waals surface area contributed by atoms with Gasteiger partial charge in [-0.1, -0.05) is 13.0 Å². The molecule has 0 fully saturated rings. The van der Waals surface area contributed by atoms with E-state index in [1.807, 2.05) is 24.4 Å². The van der Waals surface area contributed by atoms with Crippen molar-refractivity contribution >= 4 is 17.2 Å². The van der Waals surface area contributed by atoms with Gasteiger partial charge in [0.15, 0.2) is 0 Å². The van der Waals surface area contributed by atoms with Gasteiger partial charge in [-0.25, -0.2) is 0 Å².